The van der Waals surface area contributed by atoms with Crippen LogP contribution in [-0.2, 0) is 4.79 Å². The largest absolute Gasteiger partial charge is 0.508 e. The van der Waals surface area contributed by atoms with Gasteiger partial charge in [-0.3, -0.25) is 9.69 Å². The first-order valence-electron chi connectivity index (χ1n) is 6.72. The van der Waals surface area contributed by atoms with Gasteiger partial charge in [0.15, 0.2) is 0 Å². The molecule has 1 fully saturated rings. The van der Waals surface area contributed by atoms with E-state index in [0.717, 1.165) is 23.0 Å². The highest BCUT2D eigenvalue weighted by Gasteiger charge is 2.34. The number of piperazine rings is 1. The molecular formula is C14H19BrN2O3. The molecule has 20 heavy (non-hydrogen) atoms. The third kappa shape index (κ3) is 3.13. The molecule has 1 aromatic carbocycles. The van der Waals surface area contributed by atoms with Gasteiger partial charge in [0, 0.05) is 35.7 Å². The van der Waals surface area contributed by atoms with Gasteiger partial charge >= 0.3 is 5.97 Å². The lowest BCUT2D eigenvalue weighted by Gasteiger charge is -2.39. The highest BCUT2D eigenvalue weighted by Crippen LogP contribution is 2.34. The average Bonchev–Trinajstić information content (AvgIpc) is 2.44. The van der Waals surface area contributed by atoms with E-state index in [0.29, 0.717) is 13.1 Å². The molecule has 5 nitrogen and oxygen atoms in total. The molecule has 2 rings (SSSR count). The van der Waals surface area contributed by atoms with E-state index >= 15 is 0 Å². The van der Waals surface area contributed by atoms with Crippen LogP contribution in [-0.4, -0.2) is 46.8 Å². The van der Waals surface area contributed by atoms with Crippen molar-refractivity contribution in [2.45, 2.75) is 25.4 Å². The molecule has 110 valence electrons. The zero-order chi connectivity index (χ0) is 14.7. The second-order valence-electron chi connectivity index (χ2n) is 4.92. The normalized spacial score (nSPS) is 21.6. The molecule has 0 amide bonds. The van der Waals surface area contributed by atoms with Gasteiger partial charge < -0.3 is 15.5 Å². The van der Waals surface area contributed by atoms with Crippen molar-refractivity contribution in [3.63, 3.8) is 0 Å². The number of benzene rings is 1. The molecule has 1 heterocycles. The fourth-order valence-electron chi connectivity index (χ4n) is 2.75. The van der Waals surface area contributed by atoms with Gasteiger partial charge in [-0.15, -0.1) is 0 Å². The molecule has 1 aromatic rings. The fourth-order valence-corrected chi connectivity index (χ4v) is 3.13. The number of carboxylic acids is 1. The lowest BCUT2D eigenvalue weighted by molar-refractivity contribution is -0.145. The number of aromatic hydroxyl groups is 1. The Hall–Kier alpha value is -1.11. The maximum atomic E-state index is 11.4. The third-order valence-corrected chi connectivity index (χ3v) is 4.20. The molecule has 6 heteroatoms. The van der Waals surface area contributed by atoms with Crippen LogP contribution < -0.4 is 5.32 Å². The van der Waals surface area contributed by atoms with Crippen molar-refractivity contribution in [3.8, 4) is 5.75 Å². The summed E-state index contributed by atoms with van der Waals surface area (Å²) >= 11 is 3.40. The van der Waals surface area contributed by atoms with Crippen LogP contribution in [0.25, 0.3) is 0 Å². The number of hydrogen-bond acceptors (Lipinski definition) is 4. The van der Waals surface area contributed by atoms with E-state index in [1.807, 2.05) is 17.9 Å². The topological polar surface area (TPSA) is 72.8 Å². The number of aliphatic carboxylic acids is 1. The molecule has 2 atom stereocenters. The molecule has 0 saturated carbocycles. The number of halogens is 1. The molecule has 2 unspecified atom stereocenters. The number of phenolic OH excluding ortho intramolecular Hbond substituents is 1. The van der Waals surface area contributed by atoms with Crippen LogP contribution in [0.4, 0.5) is 0 Å². The van der Waals surface area contributed by atoms with Gasteiger partial charge in [-0.25, -0.2) is 0 Å². The Labute approximate surface area is 126 Å². The Bertz CT molecular complexity index is 495. The van der Waals surface area contributed by atoms with Gasteiger partial charge in [0.05, 0.1) is 0 Å². The van der Waals surface area contributed by atoms with Crippen LogP contribution in [0.2, 0.25) is 0 Å². The monoisotopic (exact) mass is 342 g/mol. The van der Waals surface area contributed by atoms with Crippen LogP contribution >= 0.6 is 15.9 Å². The van der Waals surface area contributed by atoms with Crippen LogP contribution in [0.3, 0.4) is 0 Å². The van der Waals surface area contributed by atoms with E-state index in [-0.39, 0.29) is 11.8 Å². The summed E-state index contributed by atoms with van der Waals surface area (Å²) in [6.07, 6.45) is 0.744. The predicted molar refractivity (Wildman–Crippen MR) is 79.8 cm³/mol. The Balaban J connectivity index is 2.34. The summed E-state index contributed by atoms with van der Waals surface area (Å²) in [4.78, 5) is 13.4. The minimum Gasteiger partial charge on any atom is -0.508 e. The lowest BCUT2D eigenvalue weighted by atomic mass is 9.98. The number of nitrogens with zero attached hydrogens (tertiary/aromatic N) is 1. The lowest BCUT2D eigenvalue weighted by Crippen LogP contribution is -2.55. The van der Waals surface area contributed by atoms with Crippen LogP contribution in [0.1, 0.15) is 24.9 Å². The van der Waals surface area contributed by atoms with E-state index in [4.69, 9.17) is 0 Å². The van der Waals surface area contributed by atoms with Crippen molar-refractivity contribution >= 4 is 21.9 Å². The van der Waals surface area contributed by atoms with Crippen LogP contribution in [0.5, 0.6) is 5.75 Å². The van der Waals surface area contributed by atoms with Crippen molar-refractivity contribution in [1.82, 2.24) is 10.2 Å². The fraction of sp³-hybridized carbons (Fsp3) is 0.500. The number of carbonyl (C=O) groups is 1. The predicted octanol–water partition coefficient (Wildman–Crippen LogP) is 1.96. The molecule has 0 radical (unpaired) electrons. The van der Waals surface area contributed by atoms with Gasteiger partial charge in [-0.2, -0.15) is 0 Å². The highest BCUT2D eigenvalue weighted by molar-refractivity contribution is 9.10. The maximum absolute atomic E-state index is 11.4. The minimum absolute atomic E-state index is 0.101. The number of phenols is 1. The molecule has 0 bridgehead atoms. The zero-order valence-corrected chi connectivity index (χ0v) is 12.9. The smallest absolute Gasteiger partial charge is 0.322 e. The maximum Gasteiger partial charge on any atom is 0.322 e. The summed E-state index contributed by atoms with van der Waals surface area (Å²) in [6.45, 7) is 3.85. The summed E-state index contributed by atoms with van der Waals surface area (Å²) in [6, 6.07) is 4.62. The van der Waals surface area contributed by atoms with Crippen molar-refractivity contribution in [2.24, 2.45) is 0 Å². The summed E-state index contributed by atoms with van der Waals surface area (Å²) < 4.78 is 0.880. The molecule has 1 aliphatic rings. The Morgan fingerprint density at radius 2 is 2.35 bits per heavy atom. The first kappa shape index (κ1) is 15.3. The number of rotatable bonds is 4. The van der Waals surface area contributed by atoms with Crippen molar-refractivity contribution in [3.05, 3.63) is 28.2 Å². The van der Waals surface area contributed by atoms with E-state index < -0.39 is 12.0 Å². The standard InChI is InChI=1S/C14H19BrN2O3/c1-2-11(10-7-9(15)3-4-13(10)18)17-6-5-16-8-12(17)14(19)20/h3-4,7,11-12,16,18H,2,5-6,8H2,1H3,(H,19,20). The van der Waals surface area contributed by atoms with E-state index in [9.17, 15) is 15.0 Å². The molecular weight excluding hydrogens is 324 g/mol. The third-order valence-electron chi connectivity index (χ3n) is 3.71. The van der Waals surface area contributed by atoms with E-state index in [1.54, 1.807) is 12.1 Å². The number of hydrogen-bond donors (Lipinski definition) is 3. The number of carboxylic acid groups (broad SMARTS) is 1. The average molecular weight is 343 g/mol. The second-order valence-corrected chi connectivity index (χ2v) is 5.84. The van der Waals surface area contributed by atoms with Gasteiger partial charge in [0.2, 0.25) is 0 Å². The molecule has 3 N–H and O–H groups in total. The van der Waals surface area contributed by atoms with Crippen molar-refractivity contribution in [2.75, 3.05) is 19.6 Å². The summed E-state index contributed by atoms with van der Waals surface area (Å²) in [7, 11) is 0. The highest BCUT2D eigenvalue weighted by atomic mass is 79.9. The Kier molecular flexibility index (Phi) is 5.01. The van der Waals surface area contributed by atoms with Gasteiger partial charge in [-0.05, 0) is 24.6 Å². The SMILES string of the molecule is CCC(c1cc(Br)ccc1O)N1CCNCC1C(=O)O. The summed E-state index contributed by atoms with van der Waals surface area (Å²) in [5, 5.41) is 22.6. The summed E-state index contributed by atoms with van der Waals surface area (Å²) in [5.41, 5.74) is 0.773. The van der Waals surface area contributed by atoms with Crippen LogP contribution in [0, 0.1) is 0 Å². The van der Waals surface area contributed by atoms with Crippen molar-refractivity contribution in [1.29, 1.82) is 0 Å². The van der Waals surface area contributed by atoms with Gasteiger partial charge in [-0.1, -0.05) is 22.9 Å². The van der Waals surface area contributed by atoms with E-state index in [2.05, 4.69) is 21.2 Å². The first-order valence-corrected chi connectivity index (χ1v) is 7.51. The molecule has 0 aromatic heterocycles. The quantitative estimate of drug-likeness (QED) is 0.780. The zero-order valence-electron chi connectivity index (χ0n) is 11.3. The number of nitrogens with one attached hydrogen (secondary N) is 1. The summed E-state index contributed by atoms with van der Waals surface area (Å²) in [5.74, 6) is -0.618. The van der Waals surface area contributed by atoms with Crippen molar-refractivity contribution < 1.29 is 15.0 Å². The molecule has 1 saturated heterocycles. The molecule has 1 aliphatic heterocycles. The van der Waals surface area contributed by atoms with E-state index in [1.165, 1.54) is 0 Å². The minimum atomic E-state index is -0.829. The second kappa shape index (κ2) is 6.56. The molecule has 0 spiro atoms. The van der Waals surface area contributed by atoms with Crippen LogP contribution in [0.15, 0.2) is 22.7 Å². The first-order chi connectivity index (χ1) is 9.54. The van der Waals surface area contributed by atoms with Gasteiger partial charge in [0.25, 0.3) is 0 Å². The van der Waals surface area contributed by atoms with Gasteiger partial charge in [0.1, 0.15) is 11.8 Å². The Morgan fingerprint density at radius 3 is 3.00 bits per heavy atom. The molecule has 0 aliphatic carbocycles. The Morgan fingerprint density at radius 1 is 1.60 bits per heavy atom.